The number of hydrogen-bond acceptors (Lipinski definition) is 6. The van der Waals surface area contributed by atoms with E-state index in [0.29, 0.717) is 0 Å². The molecule has 0 spiro atoms. The van der Waals surface area contributed by atoms with Crippen molar-refractivity contribution in [3.63, 3.8) is 0 Å². The van der Waals surface area contributed by atoms with Crippen LogP contribution in [0.1, 0.15) is 41.0 Å². The third kappa shape index (κ3) is 3.80. The van der Waals surface area contributed by atoms with E-state index in [1.54, 1.807) is 13.0 Å². The van der Waals surface area contributed by atoms with E-state index in [1.807, 2.05) is 6.08 Å². The minimum absolute atomic E-state index is 0.00103. The molecule has 1 saturated carbocycles. The molecule has 3 heterocycles. The maximum atomic E-state index is 14.1. The van der Waals surface area contributed by atoms with Gasteiger partial charge in [0.05, 0.1) is 17.8 Å². The average molecular weight is 511 g/mol. The summed E-state index contributed by atoms with van der Waals surface area (Å²) in [6.07, 6.45) is 8.08. The first-order valence-corrected chi connectivity index (χ1v) is 13.0. The zero-order valence-electron chi connectivity index (χ0n) is 20.1. The highest BCUT2D eigenvalue weighted by Gasteiger charge is 2.66. The highest BCUT2D eigenvalue weighted by molar-refractivity contribution is 6.68. The second-order valence-corrected chi connectivity index (χ2v) is 12.4. The quantitative estimate of drug-likeness (QED) is 0.160. The van der Waals surface area contributed by atoms with Crippen molar-refractivity contribution >= 4 is 40.7 Å². The summed E-state index contributed by atoms with van der Waals surface area (Å²) in [5.74, 6) is -4.06. The van der Waals surface area contributed by atoms with Crippen LogP contribution in [0.25, 0.3) is 0 Å². The number of epoxide rings is 2. The molecule has 0 aromatic rings. The summed E-state index contributed by atoms with van der Waals surface area (Å²) < 4.78 is 15.0. The third-order valence-electron chi connectivity index (χ3n) is 8.80. The Morgan fingerprint density at radius 2 is 1.65 bits per heavy atom. The molecule has 186 valence electrons. The van der Waals surface area contributed by atoms with Crippen molar-refractivity contribution in [3.05, 3.63) is 24.3 Å². The fourth-order valence-electron chi connectivity index (χ4n) is 6.80. The Hall–Kier alpha value is -1.21. The SMILES string of the molecule is C[C@@H]1C(=O)O[C@@H](C)/C=C/C2OC2[C@@H](C)[C@@H]2C=C[C@@H]3C[C@@]4(C)O[C@H]4[C@@H](C)C3C2C(=O)C(Cl)(Cl)C1=O. The monoisotopic (exact) mass is 510 g/mol. The number of carbonyl (C=O) groups excluding carboxylic acids is 3. The second-order valence-electron chi connectivity index (χ2n) is 11.1. The van der Waals surface area contributed by atoms with Gasteiger partial charge in [-0.1, -0.05) is 55.3 Å². The van der Waals surface area contributed by atoms with Crippen LogP contribution in [-0.2, 0) is 28.6 Å². The fourth-order valence-corrected chi connectivity index (χ4v) is 7.38. The number of halogens is 2. The van der Waals surface area contributed by atoms with Crippen LogP contribution in [0.15, 0.2) is 24.3 Å². The van der Waals surface area contributed by atoms with Crippen LogP contribution in [0.4, 0.5) is 0 Å². The molecular weight excluding hydrogens is 479 g/mol. The minimum Gasteiger partial charge on any atom is -0.458 e. The lowest BCUT2D eigenvalue weighted by molar-refractivity contribution is -0.154. The first-order chi connectivity index (χ1) is 15.9. The van der Waals surface area contributed by atoms with E-state index in [9.17, 15) is 14.4 Å². The minimum atomic E-state index is -2.35. The van der Waals surface area contributed by atoms with Gasteiger partial charge in [-0.2, -0.15) is 0 Å². The molecule has 3 aliphatic heterocycles. The summed E-state index contributed by atoms with van der Waals surface area (Å²) >= 11 is 13.1. The van der Waals surface area contributed by atoms with E-state index >= 15 is 0 Å². The van der Waals surface area contributed by atoms with Crippen LogP contribution < -0.4 is 0 Å². The van der Waals surface area contributed by atoms with Gasteiger partial charge in [-0.15, -0.1) is 0 Å². The van der Waals surface area contributed by atoms with Crippen molar-refractivity contribution in [2.75, 3.05) is 0 Å². The summed E-state index contributed by atoms with van der Waals surface area (Å²) in [6, 6.07) is 0. The number of ketones is 2. The van der Waals surface area contributed by atoms with Gasteiger partial charge in [-0.3, -0.25) is 14.4 Å². The Balaban J connectivity index is 1.57. The highest BCUT2D eigenvalue weighted by Crippen LogP contribution is 2.60. The summed E-state index contributed by atoms with van der Waals surface area (Å²) in [5.41, 5.74) is -0.173. The predicted molar refractivity (Wildman–Crippen MR) is 126 cm³/mol. The number of esters is 1. The van der Waals surface area contributed by atoms with E-state index in [4.69, 9.17) is 37.4 Å². The van der Waals surface area contributed by atoms with Crippen LogP contribution in [0, 0.1) is 41.4 Å². The molecule has 2 aliphatic carbocycles. The summed E-state index contributed by atoms with van der Waals surface area (Å²) in [5, 5.41) is 0. The molecular formula is C26H32Cl2O6. The number of ether oxygens (including phenoxy) is 3. The molecule has 0 amide bonds. The number of cyclic esters (lactones) is 1. The maximum absolute atomic E-state index is 14.1. The molecule has 12 atom stereocenters. The van der Waals surface area contributed by atoms with Gasteiger partial charge in [0.15, 0.2) is 11.6 Å². The van der Waals surface area contributed by atoms with Crippen LogP contribution in [0.5, 0.6) is 0 Å². The van der Waals surface area contributed by atoms with Crippen molar-refractivity contribution in [3.8, 4) is 0 Å². The van der Waals surface area contributed by atoms with Gasteiger partial charge in [0.2, 0.25) is 4.33 Å². The molecule has 2 saturated heterocycles. The largest absolute Gasteiger partial charge is 0.458 e. The van der Waals surface area contributed by atoms with Gasteiger partial charge in [0.25, 0.3) is 0 Å². The van der Waals surface area contributed by atoms with Gasteiger partial charge in [-0.05, 0) is 62.9 Å². The topological polar surface area (TPSA) is 85.5 Å². The van der Waals surface area contributed by atoms with Crippen molar-refractivity contribution in [1.82, 2.24) is 0 Å². The Morgan fingerprint density at radius 1 is 0.941 bits per heavy atom. The molecule has 34 heavy (non-hydrogen) atoms. The number of allylic oxidation sites excluding steroid dienone is 2. The number of fused-ring (bicyclic) bond motifs is 5. The van der Waals surface area contributed by atoms with Crippen LogP contribution in [0.2, 0.25) is 0 Å². The molecule has 5 aliphatic rings. The summed E-state index contributed by atoms with van der Waals surface area (Å²) in [7, 11) is 0. The first-order valence-electron chi connectivity index (χ1n) is 12.2. The molecule has 5 rings (SSSR count). The lowest BCUT2D eigenvalue weighted by atomic mass is 9.55. The molecule has 8 heteroatoms. The van der Waals surface area contributed by atoms with E-state index < -0.39 is 39.8 Å². The summed E-state index contributed by atoms with van der Waals surface area (Å²) in [4.78, 5) is 40.0. The van der Waals surface area contributed by atoms with Crippen molar-refractivity contribution in [1.29, 1.82) is 0 Å². The van der Waals surface area contributed by atoms with Crippen molar-refractivity contribution in [2.45, 2.75) is 75.4 Å². The Morgan fingerprint density at radius 3 is 2.35 bits per heavy atom. The number of Topliss-reactive ketones (excluding diaryl/α,β-unsaturated/α-hetero) is 2. The van der Waals surface area contributed by atoms with E-state index in [2.05, 4.69) is 32.9 Å². The summed E-state index contributed by atoms with van der Waals surface area (Å²) in [6.45, 7) is 9.39. The number of alkyl halides is 2. The molecule has 0 aromatic carbocycles. The lowest BCUT2D eigenvalue weighted by Crippen LogP contribution is -2.54. The number of carbonyl (C=O) groups is 3. The Labute approximate surface area is 210 Å². The van der Waals surface area contributed by atoms with Gasteiger partial charge in [-0.25, -0.2) is 0 Å². The highest BCUT2D eigenvalue weighted by atomic mass is 35.5. The van der Waals surface area contributed by atoms with Gasteiger partial charge in [0, 0.05) is 5.92 Å². The maximum Gasteiger partial charge on any atom is 0.316 e. The van der Waals surface area contributed by atoms with Gasteiger partial charge in [0.1, 0.15) is 18.1 Å². The second kappa shape index (κ2) is 8.16. The molecule has 0 N–H and O–H groups in total. The fraction of sp³-hybridized carbons (Fsp3) is 0.731. The average Bonchev–Trinajstić information content (AvgIpc) is 3.69. The van der Waals surface area contributed by atoms with Crippen LogP contribution >= 0.6 is 23.2 Å². The molecule has 6 nitrogen and oxygen atoms in total. The predicted octanol–water partition coefficient (Wildman–Crippen LogP) is 4.07. The molecule has 0 radical (unpaired) electrons. The van der Waals surface area contributed by atoms with Crippen molar-refractivity contribution in [2.24, 2.45) is 41.4 Å². The molecule has 0 aromatic heterocycles. The van der Waals surface area contributed by atoms with Crippen LogP contribution in [-0.4, -0.2) is 51.9 Å². The smallest absolute Gasteiger partial charge is 0.316 e. The lowest BCUT2D eigenvalue weighted by Gasteiger charge is -2.47. The van der Waals surface area contributed by atoms with Gasteiger partial charge < -0.3 is 14.2 Å². The number of hydrogen-bond donors (Lipinski definition) is 0. The standard InChI is InChI=1S/C26H32Cl2O6/c1-11-6-9-17-20(33-17)12(2)16-8-7-15-10-25(5)23(34-25)13(3)18(15)19(16)22(30)26(27,28)21(29)14(4)24(31)32-11/h6-9,11-20,23H,10H2,1-5H3/b9-6+/t11-,12-,13-,14-,15+,16-,17?,18?,19?,20?,23-,25+/m0/s1. The Kier molecular flexibility index (Phi) is 5.87. The molecule has 4 unspecified atom stereocenters. The number of rotatable bonds is 0. The van der Waals surface area contributed by atoms with Crippen LogP contribution in [0.3, 0.4) is 0 Å². The molecule has 3 fully saturated rings. The Bertz CT molecular complexity index is 974. The van der Waals surface area contributed by atoms with E-state index in [0.717, 1.165) is 6.42 Å². The zero-order chi connectivity index (χ0) is 24.7. The van der Waals surface area contributed by atoms with E-state index in [-0.39, 0.29) is 53.5 Å². The first kappa shape index (κ1) is 24.5. The van der Waals surface area contributed by atoms with Gasteiger partial charge >= 0.3 is 5.97 Å². The normalized spacial score (nSPS) is 52.8. The zero-order valence-corrected chi connectivity index (χ0v) is 21.6. The third-order valence-corrected chi connectivity index (χ3v) is 9.54. The van der Waals surface area contributed by atoms with E-state index in [1.165, 1.54) is 6.92 Å². The van der Waals surface area contributed by atoms with Crippen molar-refractivity contribution < 1.29 is 28.6 Å². The molecule has 0 bridgehead atoms.